The van der Waals surface area contributed by atoms with Gasteiger partial charge in [0, 0.05) is 13.5 Å². The van der Waals surface area contributed by atoms with Gasteiger partial charge >= 0.3 is 12.0 Å². The van der Waals surface area contributed by atoms with Crippen molar-refractivity contribution >= 4 is 23.8 Å². The summed E-state index contributed by atoms with van der Waals surface area (Å²) in [5.41, 5.74) is 0.831. The molecule has 24 heavy (non-hydrogen) atoms. The number of carbonyl (C=O) groups is 4. The van der Waals surface area contributed by atoms with Crippen molar-refractivity contribution in [3.63, 3.8) is 0 Å². The third-order valence-corrected chi connectivity index (χ3v) is 3.56. The average molecular weight is 333 g/mol. The van der Waals surface area contributed by atoms with Crippen LogP contribution in [0.5, 0.6) is 0 Å². The smallest absolute Gasteiger partial charge is 0.328 e. The molecule has 1 aliphatic rings. The van der Waals surface area contributed by atoms with Crippen LogP contribution in [0.1, 0.15) is 19.4 Å². The maximum absolute atomic E-state index is 12.2. The molecule has 2 rings (SSSR count). The second-order valence-corrected chi connectivity index (χ2v) is 5.41. The van der Waals surface area contributed by atoms with Crippen LogP contribution in [0.4, 0.5) is 4.79 Å². The van der Waals surface area contributed by atoms with E-state index in [1.807, 2.05) is 30.3 Å². The first kappa shape index (κ1) is 17.5. The maximum atomic E-state index is 12.2. The predicted molar refractivity (Wildman–Crippen MR) is 83.5 cm³/mol. The van der Waals surface area contributed by atoms with Crippen LogP contribution in [0.3, 0.4) is 0 Å². The lowest BCUT2D eigenvalue weighted by Crippen LogP contribution is -2.51. The molecule has 1 aliphatic heterocycles. The lowest BCUT2D eigenvalue weighted by atomic mass is 10.2. The van der Waals surface area contributed by atoms with Crippen LogP contribution in [0.15, 0.2) is 30.3 Å². The first-order valence-electron chi connectivity index (χ1n) is 7.48. The highest BCUT2D eigenvalue weighted by atomic mass is 16.5. The first-order chi connectivity index (χ1) is 11.4. The summed E-state index contributed by atoms with van der Waals surface area (Å²) in [5.74, 6) is -1.73. The van der Waals surface area contributed by atoms with E-state index in [2.05, 4.69) is 10.6 Å². The topological polar surface area (TPSA) is 105 Å². The maximum Gasteiger partial charge on any atom is 0.328 e. The van der Waals surface area contributed by atoms with Crippen LogP contribution in [-0.2, 0) is 25.7 Å². The Morgan fingerprint density at radius 1 is 1.33 bits per heavy atom. The van der Waals surface area contributed by atoms with Gasteiger partial charge in [-0.15, -0.1) is 0 Å². The molecule has 0 bridgehead atoms. The number of ether oxygens (including phenoxy) is 1. The Kier molecular flexibility index (Phi) is 5.51. The van der Waals surface area contributed by atoms with Crippen molar-refractivity contribution in [3.05, 3.63) is 35.9 Å². The van der Waals surface area contributed by atoms with E-state index in [4.69, 9.17) is 4.74 Å². The molecular formula is C16H19N3O5. The van der Waals surface area contributed by atoms with Crippen LogP contribution >= 0.6 is 0 Å². The van der Waals surface area contributed by atoms with Crippen molar-refractivity contribution in [2.45, 2.75) is 32.5 Å². The standard InChI is InChI=1S/C16H19N3O5/c1-10(15(22)24-9-12-6-4-3-5-7-12)18-14(21)13-8-17-16(23)19(13)11(2)20/h3-7,10,13H,8-9H2,1-2H3,(H,17,23)(H,18,21)/t10-,13-/m0/s1. The Hall–Kier alpha value is -2.90. The van der Waals surface area contributed by atoms with E-state index in [0.717, 1.165) is 10.5 Å². The summed E-state index contributed by atoms with van der Waals surface area (Å²) >= 11 is 0. The molecule has 1 aromatic rings. The zero-order valence-electron chi connectivity index (χ0n) is 13.4. The van der Waals surface area contributed by atoms with Gasteiger partial charge in [-0.3, -0.25) is 14.5 Å². The van der Waals surface area contributed by atoms with Crippen LogP contribution in [0.2, 0.25) is 0 Å². The molecular weight excluding hydrogens is 314 g/mol. The predicted octanol–water partition coefficient (Wildman–Crippen LogP) is 0.175. The van der Waals surface area contributed by atoms with Crippen molar-refractivity contribution in [2.75, 3.05) is 6.54 Å². The molecule has 4 amide bonds. The highest BCUT2D eigenvalue weighted by Crippen LogP contribution is 2.08. The van der Waals surface area contributed by atoms with E-state index in [1.165, 1.54) is 13.8 Å². The quantitative estimate of drug-likeness (QED) is 0.748. The Bertz CT molecular complexity index is 646. The number of benzene rings is 1. The minimum atomic E-state index is -0.973. The fourth-order valence-corrected chi connectivity index (χ4v) is 2.30. The molecule has 0 aliphatic carbocycles. The Labute approximate surface area is 139 Å². The monoisotopic (exact) mass is 333 g/mol. The molecule has 128 valence electrons. The van der Waals surface area contributed by atoms with Crippen LogP contribution in [0.25, 0.3) is 0 Å². The molecule has 2 atom stereocenters. The third-order valence-electron chi connectivity index (χ3n) is 3.56. The zero-order valence-corrected chi connectivity index (χ0v) is 13.4. The van der Waals surface area contributed by atoms with E-state index >= 15 is 0 Å². The molecule has 0 spiro atoms. The number of nitrogens with zero attached hydrogens (tertiary/aromatic N) is 1. The van der Waals surface area contributed by atoms with Gasteiger partial charge in [0.2, 0.25) is 11.8 Å². The van der Waals surface area contributed by atoms with E-state index in [1.54, 1.807) is 0 Å². The van der Waals surface area contributed by atoms with Crippen molar-refractivity contribution < 1.29 is 23.9 Å². The highest BCUT2D eigenvalue weighted by Gasteiger charge is 2.39. The number of amides is 4. The molecule has 0 radical (unpaired) electrons. The lowest BCUT2D eigenvalue weighted by Gasteiger charge is -2.21. The fraction of sp³-hybridized carbons (Fsp3) is 0.375. The first-order valence-corrected chi connectivity index (χ1v) is 7.48. The summed E-state index contributed by atoms with van der Waals surface area (Å²) < 4.78 is 5.13. The second kappa shape index (κ2) is 7.58. The number of imide groups is 1. The van der Waals surface area contributed by atoms with Crippen molar-refractivity contribution in [3.8, 4) is 0 Å². The van der Waals surface area contributed by atoms with Crippen LogP contribution in [0, 0.1) is 0 Å². The average Bonchev–Trinajstić information content (AvgIpc) is 2.95. The Morgan fingerprint density at radius 3 is 2.62 bits per heavy atom. The molecule has 1 heterocycles. The summed E-state index contributed by atoms with van der Waals surface area (Å²) in [6, 6.07) is 6.65. The summed E-state index contributed by atoms with van der Waals surface area (Å²) in [5, 5.41) is 4.88. The molecule has 8 heteroatoms. The highest BCUT2D eigenvalue weighted by molar-refractivity contribution is 6.02. The number of carbonyl (C=O) groups excluding carboxylic acids is 4. The number of hydrogen-bond acceptors (Lipinski definition) is 5. The van der Waals surface area contributed by atoms with Gasteiger partial charge in [0.05, 0.1) is 0 Å². The second-order valence-electron chi connectivity index (χ2n) is 5.41. The molecule has 0 unspecified atom stereocenters. The van der Waals surface area contributed by atoms with Gasteiger partial charge in [-0.05, 0) is 12.5 Å². The zero-order chi connectivity index (χ0) is 17.7. The number of rotatable bonds is 5. The minimum Gasteiger partial charge on any atom is -0.459 e. The largest absolute Gasteiger partial charge is 0.459 e. The lowest BCUT2D eigenvalue weighted by molar-refractivity contribution is -0.149. The van der Waals surface area contributed by atoms with E-state index < -0.39 is 35.9 Å². The molecule has 1 fully saturated rings. The third kappa shape index (κ3) is 4.09. The summed E-state index contributed by atoms with van der Waals surface area (Å²) in [6.07, 6.45) is 0. The van der Waals surface area contributed by atoms with E-state index in [0.29, 0.717) is 0 Å². The Morgan fingerprint density at radius 2 is 2.00 bits per heavy atom. The normalized spacial score (nSPS) is 17.8. The SMILES string of the molecule is CC(=O)N1C(=O)NC[C@H]1C(=O)N[C@@H](C)C(=O)OCc1ccccc1. The number of esters is 1. The minimum absolute atomic E-state index is 0.00995. The number of nitrogens with one attached hydrogen (secondary N) is 2. The van der Waals surface area contributed by atoms with Crippen LogP contribution < -0.4 is 10.6 Å². The molecule has 1 aromatic carbocycles. The van der Waals surface area contributed by atoms with Gasteiger partial charge in [-0.1, -0.05) is 30.3 Å². The molecule has 0 saturated carbocycles. The van der Waals surface area contributed by atoms with Gasteiger partial charge in [-0.2, -0.15) is 0 Å². The number of hydrogen-bond donors (Lipinski definition) is 2. The number of urea groups is 1. The van der Waals surface area contributed by atoms with Crippen molar-refractivity contribution in [1.82, 2.24) is 15.5 Å². The van der Waals surface area contributed by atoms with Gasteiger partial charge in [0.15, 0.2) is 0 Å². The van der Waals surface area contributed by atoms with Gasteiger partial charge in [-0.25, -0.2) is 9.59 Å². The fourth-order valence-electron chi connectivity index (χ4n) is 2.30. The van der Waals surface area contributed by atoms with E-state index in [9.17, 15) is 19.2 Å². The van der Waals surface area contributed by atoms with Gasteiger partial charge in [0.1, 0.15) is 18.7 Å². The van der Waals surface area contributed by atoms with Crippen LogP contribution in [-0.4, -0.2) is 47.3 Å². The van der Waals surface area contributed by atoms with Gasteiger partial charge < -0.3 is 15.4 Å². The van der Waals surface area contributed by atoms with Crippen molar-refractivity contribution in [1.29, 1.82) is 0 Å². The van der Waals surface area contributed by atoms with Crippen molar-refractivity contribution in [2.24, 2.45) is 0 Å². The molecule has 1 saturated heterocycles. The molecule has 8 nitrogen and oxygen atoms in total. The Balaban J connectivity index is 1.87. The van der Waals surface area contributed by atoms with E-state index in [-0.39, 0.29) is 13.2 Å². The summed E-state index contributed by atoms with van der Waals surface area (Å²) in [4.78, 5) is 47.9. The molecule has 2 N–H and O–H groups in total. The molecule has 0 aromatic heterocycles. The summed E-state index contributed by atoms with van der Waals surface area (Å²) in [7, 11) is 0. The summed E-state index contributed by atoms with van der Waals surface area (Å²) in [6.45, 7) is 2.79. The van der Waals surface area contributed by atoms with Gasteiger partial charge in [0.25, 0.3) is 0 Å².